The molecule has 0 spiro atoms. The lowest BCUT2D eigenvalue weighted by molar-refractivity contribution is 0.0615. The van der Waals surface area contributed by atoms with Crippen LogP contribution in [0.4, 0.5) is 5.69 Å². The first-order valence-electron chi connectivity index (χ1n) is 5.94. The summed E-state index contributed by atoms with van der Waals surface area (Å²) < 4.78 is 8.48. The minimum absolute atomic E-state index is 0.536. The fraction of sp³-hybridized carbons (Fsp3) is 0.500. The van der Waals surface area contributed by atoms with Crippen LogP contribution in [0.2, 0.25) is 0 Å². The van der Waals surface area contributed by atoms with Crippen LogP contribution < -0.4 is 5.32 Å². The Hall–Kier alpha value is -1.20. The molecule has 2 N–H and O–H groups in total. The number of nitrogens with zero attached hydrogens (tertiary/aromatic N) is 2. The molecule has 0 bridgehead atoms. The van der Waals surface area contributed by atoms with Crippen molar-refractivity contribution in [3.63, 3.8) is 0 Å². The molecule has 0 saturated heterocycles. The van der Waals surface area contributed by atoms with E-state index < -0.39 is 5.60 Å². The summed E-state index contributed by atoms with van der Waals surface area (Å²) in [5, 5.41) is 13.6. The van der Waals surface area contributed by atoms with Gasteiger partial charge < -0.3 is 10.4 Å². The van der Waals surface area contributed by atoms with Crippen LogP contribution in [0.5, 0.6) is 0 Å². The summed E-state index contributed by atoms with van der Waals surface area (Å²) in [5.41, 5.74) is 2.25. The molecule has 5 heteroatoms. The molecule has 90 valence electrons. The summed E-state index contributed by atoms with van der Waals surface area (Å²) >= 11 is 1.22. The Balaban J connectivity index is 1.78. The number of fused-ring (bicyclic) bond motifs is 1. The highest BCUT2D eigenvalue weighted by molar-refractivity contribution is 7.00. The summed E-state index contributed by atoms with van der Waals surface area (Å²) in [6, 6.07) is 5.90. The Morgan fingerprint density at radius 1 is 1.29 bits per heavy atom. The van der Waals surface area contributed by atoms with Crippen molar-refractivity contribution in [1.29, 1.82) is 0 Å². The number of rotatable bonds is 3. The van der Waals surface area contributed by atoms with Crippen LogP contribution in [0.15, 0.2) is 18.2 Å². The maximum atomic E-state index is 10.3. The van der Waals surface area contributed by atoms with Crippen LogP contribution in [-0.2, 0) is 0 Å². The molecule has 1 fully saturated rings. The van der Waals surface area contributed by atoms with Crippen LogP contribution in [-0.4, -0.2) is 26.0 Å². The predicted octanol–water partition coefficient (Wildman–Crippen LogP) is 2.41. The van der Waals surface area contributed by atoms with E-state index in [1.807, 2.05) is 18.2 Å². The molecule has 1 heterocycles. The topological polar surface area (TPSA) is 58.0 Å². The third kappa shape index (κ3) is 2.12. The summed E-state index contributed by atoms with van der Waals surface area (Å²) in [5.74, 6) is 0. The lowest BCUT2D eigenvalue weighted by Gasteiger charge is -2.23. The number of hydrogen-bond acceptors (Lipinski definition) is 5. The number of aromatic nitrogens is 2. The first-order chi connectivity index (χ1) is 8.27. The van der Waals surface area contributed by atoms with Gasteiger partial charge in [-0.15, -0.1) is 0 Å². The first kappa shape index (κ1) is 10.9. The maximum absolute atomic E-state index is 10.3. The molecule has 1 aromatic heterocycles. The lowest BCUT2D eigenvalue weighted by Crippen LogP contribution is -2.33. The van der Waals surface area contributed by atoms with Gasteiger partial charge in [0.05, 0.1) is 23.0 Å². The predicted molar refractivity (Wildman–Crippen MR) is 69.3 cm³/mol. The number of nitrogens with one attached hydrogen (secondary N) is 1. The fourth-order valence-corrected chi connectivity index (χ4v) is 2.97. The van der Waals surface area contributed by atoms with Crippen molar-refractivity contribution in [2.75, 3.05) is 11.9 Å². The van der Waals surface area contributed by atoms with Crippen LogP contribution in [0, 0.1) is 0 Å². The van der Waals surface area contributed by atoms with Crippen molar-refractivity contribution in [1.82, 2.24) is 8.75 Å². The average molecular weight is 249 g/mol. The van der Waals surface area contributed by atoms with E-state index in [1.165, 1.54) is 11.7 Å². The van der Waals surface area contributed by atoms with Crippen molar-refractivity contribution >= 4 is 28.4 Å². The van der Waals surface area contributed by atoms with Crippen molar-refractivity contribution in [2.45, 2.75) is 31.3 Å². The van der Waals surface area contributed by atoms with E-state index in [0.717, 1.165) is 42.4 Å². The Morgan fingerprint density at radius 2 is 2.12 bits per heavy atom. The Labute approximate surface area is 104 Å². The van der Waals surface area contributed by atoms with Crippen LogP contribution in [0.1, 0.15) is 25.7 Å². The number of anilines is 1. The molecule has 3 rings (SSSR count). The lowest BCUT2D eigenvalue weighted by atomic mass is 10.0. The third-order valence-corrected chi connectivity index (χ3v) is 3.97. The van der Waals surface area contributed by atoms with E-state index in [2.05, 4.69) is 14.1 Å². The summed E-state index contributed by atoms with van der Waals surface area (Å²) in [6.07, 6.45) is 4.04. The second-order valence-corrected chi connectivity index (χ2v) is 5.25. The molecule has 2 aromatic rings. The normalized spacial score (nSPS) is 18.6. The van der Waals surface area contributed by atoms with Gasteiger partial charge in [-0.25, -0.2) is 0 Å². The molecule has 0 atom stereocenters. The van der Waals surface area contributed by atoms with Crippen LogP contribution >= 0.6 is 11.7 Å². The fourth-order valence-electron chi connectivity index (χ4n) is 2.42. The number of benzene rings is 1. The number of hydrogen-bond donors (Lipinski definition) is 2. The standard InChI is InChI=1S/C12H15N3OS/c16-12(6-1-2-7-12)8-13-9-4-3-5-10-11(9)15-17-14-10/h3-5,13,16H,1-2,6-8H2. The van der Waals surface area contributed by atoms with Gasteiger partial charge in [0.25, 0.3) is 0 Å². The minimum atomic E-state index is -0.536. The highest BCUT2D eigenvalue weighted by Gasteiger charge is 2.30. The Bertz CT molecular complexity index is 519. The molecular weight excluding hydrogens is 234 g/mol. The second kappa shape index (κ2) is 4.23. The zero-order valence-corrected chi connectivity index (χ0v) is 10.3. The zero-order chi connectivity index (χ0) is 11.7. The van der Waals surface area contributed by atoms with Gasteiger partial charge in [-0.05, 0) is 25.0 Å². The van der Waals surface area contributed by atoms with E-state index >= 15 is 0 Å². The van der Waals surface area contributed by atoms with Crippen molar-refractivity contribution in [3.05, 3.63) is 18.2 Å². The van der Waals surface area contributed by atoms with Crippen molar-refractivity contribution in [3.8, 4) is 0 Å². The molecule has 0 radical (unpaired) electrons. The Morgan fingerprint density at radius 3 is 2.94 bits per heavy atom. The van der Waals surface area contributed by atoms with E-state index in [-0.39, 0.29) is 0 Å². The molecule has 0 unspecified atom stereocenters. The van der Waals surface area contributed by atoms with Gasteiger partial charge in [0, 0.05) is 6.54 Å². The maximum Gasteiger partial charge on any atom is 0.127 e. The molecular formula is C12H15N3OS. The summed E-state index contributed by atoms with van der Waals surface area (Å²) in [4.78, 5) is 0. The first-order valence-corrected chi connectivity index (χ1v) is 6.67. The molecule has 1 aliphatic rings. The number of aliphatic hydroxyl groups is 1. The third-order valence-electron chi connectivity index (χ3n) is 3.43. The monoisotopic (exact) mass is 249 g/mol. The van der Waals surface area contributed by atoms with Crippen molar-refractivity contribution in [2.24, 2.45) is 0 Å². The zero-order valence-electron chi connectivity index (χ0n) is 9.52. The minimum Gasteiger partial charge on any atom is -0.388 e. The SMILES string of the molecule is OC1(CNc2cccc3nsnc23)CCCC1. The van der Waals surface area contributed by atoms with Gasteiger partial charge in [0.15, 0.2) is 0 Å². The molecule has 1 aliphatic carbocycles. The van der Waals surface area contributed by atoms with Crippen LogP contribution in [0.25, 0.3) is 11.0 Å². The highest BCUT2D eigenvalue weighted by atomic mass is 32.1. The van der Waals surface area contributed by atoms with Gasteiger partial charge in [-0.3, -0.25) is 0 Å². The van der Waals surface area contributed by atoms with E-state index in [1.54, 1.807) is 0 Å². The molecule has 1 saturated carbocycles. The van der Waals surface area contributed by atoms with E-state index in [9.17, 15) is 5.11 Å². The molecule has 4 nitrogen and oxygen atoms in total. The van der Waals surface area contributed by atoms with E-state index in [0.29, 0.717) is 6.54 Å². The average Bonchev–Trinajstić information content (AvgIpc) is 2.95. The second-order valence-electron chi connectivity index (χ2n) is 4.72. The van der Waals surface area contributed by atoms with E-state index in [4.69, 9.17) is 0 Å². The molecule has 17 heavy (non-hydrogen) atoms. The highest BCUT2D eigenvalue weighted by Crippen LogP contribution is 2.30. The quantitative estimate of drug-likeness (QED) is 0.877. The van der Waals surface area contributed by atoms with Crippen molar-refractivity contribution < 1.29 is 5.11 Å². The Kier molecular flexibility index (Phi) is 2.72. The van der Waals surface area contributed by atoms with Gasteiger partial charge in [0.1, 0.15) is 11.0 Å². The van der Waals surface area contributed by atoms with Gasteiger partial charge in [-0.1, -0.05) is 18.9 Å². The van der Waals surface area contributed by atoms with Gasteiger partial charge in [0.2, 0.25) is 0 Å². The molecule has 0 aliphatic heterocycles. The molecule has 1 aromatic carbocycles. The summed E-state index contributed by atoms with van der Waals surface area (Å²) in [6.45, 7) is 0.601. The smallest absolute Gasteiger partial charge is 0.127 e. The van der Waals surface area contributed by atoms with Gasteiger partial charge in [-0.2, -0.15) is 8.75 Å². The summed E-state index contributed by atoms with van der Waals surface area (Å²) in [7, 11) is 0. The van der Waals surface area contributed by atoms with Crippen LogP contribution in [0.3, 0.4) is 0 Å². The molecule has 0 amide bonds. The van der Waals surface area contributed by atoms with Gasteiger partial charge >= 0.3 is 0 Å². The largest absolute Gasteiger partial charge is 0.388 e.